The summed E-state index contributed by atoms with van der Waals surface area (Å²) < 4.78 is 11.4. The van der Waals surface area contributed by atoms with Gasteiger partial charge in [-0.1, -0.05) is 0 Å². The highest BCUT2D eigenvalue weighted by Crippen LogP contribution is 2.28. The van der Waals surface area contributed by atoms with E-state index in [-0.39, 0.29) is 11.3 Å². The highest BCUT2D eigenvalue weighted by atomic mass is 16.5. The van der Waals surface area contributed by atoms with Crippen LogP contribution in [0.3, 0.4) is 0 Å². The third-order valence-electron chi connectivity index (χ3n) is 3.14. The number of aromatic carboxylic acids is 1. The number of rotatable bonds is 3. The molecule has 108 valence electrons. The van der Waals surface area contributed by atoms with E-state index in [9.17, 15) is 9.59 Å². The average Bonchev–Trinajstić information content (AvgIpc) is 2.91. The molecule has 0 aliphatic heterocycles. The van der Waals surface area contributed by atoms with Crippen LogP contribution in [-0.2, 0) is 0 Å². The highest BCUT2D eigenvalue weighted by molar-refractivity contribution is 5.89. The van der Waals surface area contributed by atoms with E-state index in [0.717, 1.165) is 4.52 Å². The molecule has 8 heteroatoms. The summed E-state index contributed by atoms with van der Waals surface area (Å²) in [4.78, 5) is 26.4. The van der Waals surface area contributed by atoms with Crippen LogP contribution in [0.1, 0.15) is 10.5 Å². The Morgan fingerprint density at radius 3 is 2.67 bits per heavy atom. The van der Waals surface area contributed by atoms with Crippen LogP contribution in [0, 0.1) is 0 Å². The fraction of sp³-hybridized carbons (Fsp3) is 0.154. The van der Waals surface area contributed by atoms with E-state index in [1.54, 1.807) is 6.07 Å². The van der Waals surface area contributed by atoms with E-state index < -0.39 is 11.5 Å². The van der Waals surface area contributed by atoms with Gasteiger partial charge in [0.2, 0.25) is 0 Å². The predicted molar refractivity (Wildman–Crippen MR) is 73.4 cm³/mol. The number of hydrogen-bond donors (Lipinski definition) is 2. The van der Waals surface area contributed by atoms with Gasteiger partial charge in [0.15, 0.2) is 5.69 Å². The summed E-state index contributed by atoms with van der Waals surface area (Å²) in [6, 6.07) is 4.45. The molecule has 0 unspecified atom stereocenters. The summed E-state index contributed by atoms with van der Waals surface area (Å²) in [5, 5.41) is 13.0. The number of benzene rings is 1. The number of H-pyrrole nitrogens is 1. The van der Waals surface area contributed by atoms with Crippen LogP contribution in [-0.4, -0.2) is 39.9 Å². The van der Waals surface area contributed by atoms with E-state index in [1.165, 1.54) is 26.4 Å². The number of carbonyl (C=O) groups is 1. The molecule has 0 saturated heterocycles. The third-order valence-corrected chi connectivity index (χ3v) is 3.14. The molecule has 0 fully saturated rings. The topological polar surface area (TPSA) is 106 Å². The van der Waals surface area contributed by atoms with Crippen molar-refractivity contribution in [3.63, 3.8) is 0 Å². The normalized spacial score (nSPS) is 11.0. The van der Waals surface area contributed by atoms with Gasteiger partial charge in [-0.15, -0.1) is 0 Å². The van der Waals surface area contributed by atoms with E-state index in [2.05, 4.69) is 10.1 Å². The van der Waals surface area contributed by atoms with Gasteiger partial charge >= 0.3 is 5.97 Å². The van der Waals surface area contributed by atoms with Gasteiger partial charge in [-0.25, -0.2) is 4.79 Å². The van der Waals surface area contributed by atoms with Crippen LogP contribution < -0.4 is 15.0 Å². The van der Waals surface area contributed by atoms with E-state index >= 15 is 0 Å². The maximum atomic E-state index is 12.4. The first-order chi connectivity index (χ1) is 10.0. The first-order valence-corrected chi connectivity index (χ1v) is 5.96. The fourth-order valence-corrected chi connectivity index (χ4v) is 2.14. The number of methoxy groups -OCH3 is 2. The van der Waals surface area contributed by atoms with E-state index in [1.807, 2.05) is 0 Å². The molecule has 0 radical (unpaired) electrons. The van der Waals surface area contributed by atoms with Gasteiger partial charge in [0, 0.05) is 12.1 Å². The largest absolute Gasteiger partial charge is 0.497 e. The van der Waals surface area contributed by atoms with Crippen LogP contribution in [0.4, 0.5) is 0 Å². The molecule has 21 heavy (non-hydrogen) atoms. The number of nitrogens with one attached hydrogen (secondary N) is 1. The molecule has 2 aromatic heterocycles. The summed E-state index contributed by atoms with van der Waals surface area (Å²) in [5.41, 5.74) is 0.0500. The Labute approximate surface area is 117 Å². The number of aromatic amines is 1. The molecular weight excluding hydrogens is 278 g/mol. The van der Waals surface area contributed by atoms with Gasteiger partial charge in [-0.3, -0.25) is 4.79 Å². The van der Waals surface area contributed by atoms with Crippen LogP contribution in [0.25, 0.3) is 16.6 Å². The van der Waals surface area contributed by atoms with Crippen LogP contribution in [0.15, 0.2) is 23.0 Å². The van der Waals surface area contributed by atoms with Crippen molar-refractivity contribution in [2.45, 2.75) is 0 Å². The van der Waals surface area contributed by atoms with Crippen molar-refractivity contribution in [3.8, 4) is 11.5 Å². The van der Waals surface area contributed by atoms with Gasteiger partial charge in [0.25, 0.3) is 5.56 Å². The maximum Gasteiger partial charge on any atom is 0.356 e. The molecule has 0 spiro atoms. The van der Waals surface area contributed by atoms with Crippen molar-refractivity contribution < 1.29 is 19.4 Å². The molecule has 2 heterocycles. The molecule has 3 rings (SSSR count). The first kappa shape index (κ1) is 13.0. The minimum Gasteiger partial charge on any atom is -0.497 e. The predicted octanol–water partition coefficient (Wildman–Crippen LogP) is 0.891. The number of ether oxygens (including phenoxy) is 2. The zero-order chi connectivity index (χ0) is 15.1. The van der Waals surface area contributed by atoms with Gasteiger partial charge < -0.3 is 19.6 Å². The minimum absolute atomic E-state index is 0.218. The van der Waals surface area contributed by atoms with Gasteiger partial charge in [-0.2, -0.15) is 9.61 Å². The van der Waals surface area contributed by atoms with Gasteiger partial charge in [-0.05, 0) is 6.07 Å². The summed E-state index contributed by atoms with van der Waals surface area (Å²) in [6.07, 6.45) is 0. The SMILES string of the molecule is COc1cc(OC)c2[nH]c3cc(C(=O)O)nn3c(=O)c2c1. The van der Waals surface area contributed by atoms with Crippen LogP contribution in [0.5, 0.6) is 11.5 Å². The lowest BCUT2D eigenvalue weighted by molar-refractivity contribution is 0.0690. The maximum absolute atomic E-state index is 12.4. The summed E-state index contributed by atoms with van der Waals surface area (Å²) in [7, 11) is 2.94. The standard InChI is InChI=1S/C13H11N3O5/c1-20-6-3-7-11(9(4-6)21-2)14-10-5-8(13(18)19)15-16(10)12(7)17/h3-5,14H,1-2H3,(H,18,19). The number of nitrogens with zero attached hydrogens (tertiary/aromatic N) is 2. The third kappa shape index (κ3) is 1.88. The number of carboxylic acid groups (broad SMARTS) is 1. The Morgan fingerprint density at radius 2 is 2.05 bits per heavy atom. The zero-order valence-corrected chi connectivity index (χ0v) is 11.2. The Kier molecular flexibility index (Phi) is 2.79. The fourth-order valence-electron chi connectivity index (χ4n) is 2.14. The number of carboxylic acids is 1. The molecule has 0 atom stereocenters. The molecule has 0 aliphatic carbocycles. The molecule has 8 nitrogen and oxygen atoms in total. The van der Waals surface area contributed by atoms with Crippen molar-refractivity contribution >= 4 is 22.5 Å². The molecular formula is C13H11N3O5. The summed E-state index contributed by atoms with van der Waals surface area (Å²) in [6.45, 7) is 0. The monoisotopic (exact) mass is 289 g/mol. The number of hydrogen-bond acceptors (Lipinski definition) is 5. The lowest BCUT2D eigenvalue weighted by Gasteiger charge is -2.08. The molecule has 0 aliphatic rings. The van der Waals surface area contributed by atoms with Crippen LogP contribution in [0.2, 0.25) is 0 Å². The van der Waals surface area contributed by atoms with E-state index in [4.69, 9.17) is 14.6 Å². The minimum atomic E-state index is -1.21. The van der Waals surface area contributed by atoms with Gasteiger partial charge in [0.1, 0.15) is 17.1 Å². The second-order valence-electron chi connectivity index (χ2n) is 4.31. The summed E-state index contributed by atoms with van der Waals surface area (Å²) in [5.74, 6) is -0.336. The second-order valence-corrected chi connectivity index (χ2v) is 4.31. The van der Waals surface area contributed by atoms with Crippen molar-refractivity contribution in [3.05, 3.63) is 34.2 Å². The average molecular weight is 289 g/mol. The van der Waals surface area contributed by atoms with Crippen molar-refractivity contribution in [2.24, 2.45) is 0 Å². The van der Waals surface area contributed by atoms with Crippen molar-refractivity contribution in [2.75, 3.05) is 14.2 Å². The smallest absolute Gasteiger partial charge is 0.356 e. The Hall–Kier alpha value is -3.03. The Balaban J connectivity index is 2.47. The quantitative estimate of drug-likeness (QED) is 0.741. The number of fused-ring (bicyclic) bond motifs is 2. The molecule has 0 amide bonds. The highest BCUT2D eigenvalue weighted by Gasteiger charge is 2.16. The Bertz CT molecular complexity index is 925. The lowest BCUT2D eigenvalue weighted by atomic mass is 10.2. The molecule has 2 N–H and O–H groups in total. The molecule has 1 aromatic carbocycles. The Morgan fingerprint density at radius 1 is 1.29 bits per heavy atom. The number of aromatic nitrogens is 3. The molecule has 3 aromatic rings. The van der Waals surface area contributed by atoms with Gasteiger partial charge in [0.05, 0.1) is 25.1 Å². The van der Waals surface area contributed by atoms with Crippen molar-refractivity contribution in [1.29, 1.82) is 0 Å². The van der Waals surface area contributed by atoms with Crippen LogP contribution >= 0.6 is 0 Å². The first-order valence-electron chi connectivity index (χ1n) is 5.96. The lowest BCUT2D eigenvalue weighted by Crippen LogP contribution is -2.16. The zero-order valence-electron chi connectivity index (χ0n) is 11.2. The second kappa shape index (κ2) is 4.51. The summed E-state index contributed by atoms with van der Waals surface area (Å²) >= 11 is 0. The van der Waals surface area contributed by atoms with Crippen molar-refractivity contribution in [1.82, 2.24) is 14.6 Å². The molecule has 0 saturated carbocycles. The molecule has 0 bridgehead atoms. The van der Waals surface area contributed by atoms with E-state index in [0.29, 0.717) is 22.4 Å².